The predicted octanol–water partition coefficient (Wildman–Crippen LogP) is 4.87. The highest BCUT2D eigenvalue weighted by atomic mass is 32.2. The molecule has 0 N–H and O–H groups in total. The van der Waals surface area contributed by atoms with Gasteiger partial charge in [0.25, 0.3) is 0 Å². The number of thioether (sulfide) groups is 1. The molecule has 0 aliphatic carbocycles. The van der Waals surface area contributed by atoms with Crippen LogP contribution in [-0.4, -0.2) is 5.97 Å². The molecule has 0 fully saturated rings. The Hall–Kier alpha value is -2.00. The summed E-state index contributed by atoms with van der Waals surface area (Å²) in [6, 6.07) is 20.0. The van der Waals surface area contributed by atoms with Crippen molar-refractivity contribution in [3.8, 4) is 0 Å². The zero-order valence-corrected chi connectivity index (χ0v) is 13.0. The maximum absolute atomic E-state index is 11.3. The van der Waals surface area contributed by atoms with Gasteiger partial charge in [-0.2, -0.15) is 0 Å². The van der Waals surface area contributed by atoms with Crippen molar-refractivity contribution in [2.45, 2.75) is 19.6 Å². The molecule has 0 aromatic heterocycles. The van der Waals surface area contributed by atoms with Gasteiger partial charge in [0, 0.05) is 23.1 Å². The molecule has 2 rings (SSSR count). The van der Waals surface area contributed by atoms with Gasteiger partial charge in [0.2, 0.25) is 0 Å². The van der Waals surface area contributed by atoms with Crippen LogP contribution in [0.2, 0.25) is 0 Å². The Bertz CT molecular complexity index is 618. The number of rotatable bonds is 5. The summed E-state index contributed by atoms with van der Waals surface area (Å²) in [6.07, 6.45) is 0. The zero-order valence-electron chi connectivity index (χ0n) is 12.2. The van der Waals surface area contributed by atoms with Crippen LogP contribution in [0.25, 0.3) is 5.76 Å². The van der Waals surface area contributed by atoms with E-state index in [1.165, 1.54) is 12.5 Å². The third-order valence-corrected chi connectivity index (χ3v) is 4.00. The molecule has 2 aromatic carbocycles. The molecule has 21 heavy (non-hydrogen) atoms. The van der Waals surface area contributed by atoms with Crippen molar-refractivity contribution in [3.05, 3.63) is 76.7 Å². The molecular formula is C18H18O2S. The molecule has 0 aliphatic heterocycles. The van der Waals surface area contributed by atoms with Crippen molar-refractivity contribution in [3.63, 3.8) is 0 Å². The predicted molar refractivity (Wildman–Crippen MR) is 88.5 cm³/mol. The van der Waals surface area contributed by atoms with E-state index in [-0.39, 0.29) is 5.97 Å². The summed E-state index contributed by atoms with van der Waals surface area (Å²) in [4.78, 5) is 12.3. The molecule has 108 valence electrons. The first-order chi connectivity index (χ1) is 10.2. The number of carbonyl (C=O) groups excluding carboxylic acids is 1. The Balaban J connectivity index is 2.19. The van der Waals surface area contributed by atoms with Gasteiger partial charge in [0.15, 0.2) is 0 Å². The molecule has 0 saturated carbocycles. The standard InChI is InChI=1S/C18H18O2S/c1-14(21-13-16-9-5-3-6-10-16)18(20-15(2)19)17-11-7-4-8-12-17/h3-12H,13H2,1-2H3/b18-14+. The molecule has 2 aromatic rings. The van der Waals surface area contributed by atoms with E-state index in [1.54, 1.807) is 11.8 Å². The van der Waals surface area contributed by atoms with E-state index >= 15 is 0 Å². The average Bonchev–Trinajstić information content (AvgIpc) is 2.52. The Morgan fingerprint density at radius 3 is 2.10 bits per heavy atom. The molecule has 0 bridgehead atoms. The van der Waals surface area contributed by atoms with Crippen LogP contribution in [0.3, 0.4) is 0 Å². The second-order valence-corrected chi connectivity index (χ2v) is 5.81. The third-order valence-electron chi connectivity index (χ3n) is 2.90. The van der Waals surface area contributed by atoms with Gasteiger partial charge in [0.1, 0.15) is 5.76 Å². The Kier molecular flexibility index (Phi) is 5.64. The molecule has 0 spiro atoms. The van der Waals surface area contributed by atoms with Crippen molar-refractivity contribution in [1.82, 2.24) is 0 Å². The highest BCUT2D eigenvalue weighted by molar-refractivity contribution is 8.02. The van der Waals surface area contributed by atoms with Crippen LogP contribution in [0.4, 0.5) is 0 Å². The minimum atomic E-state index is -0.298. The highest BCUT2D eigenvalue weighted by Gasteiger charge is 2.10. The van der Waals surface area contributed by atoms with E-state index in [4.69, 9.17) is 4.74 Å². The maximum Gasteiger partial charge on any atom is 0.308 e. The second-order valence-electron chi connectivity index (χ2n) is 4.62. The van der Waals surface area contributed by atoms with Crippen LogP contribution >= 0.6 is 11.8 Å². The number of hydrogen-bond acceptors (Lipinski definition) is 3. The SMILES string of the molecule is CC(=O)O/C(=C(\C)SCc1ccccc1)c1ccccc1. The van der Waals surface area contributed by atoms with Crippen LogP contribution < -0.4 is 0 Å². The van der Waals surface area contributed by atoms with Gasteiger partial charge in [0.05, 0.1) is 0 Å². The summed E-state index contributed by atoms with van der Waals surface area (Å²) < 4.78 is 5.41. The summed E-state index contributed by atoms with van der Waals surface area (Å²) in [6.45, 7) is 3.41. The lowest BCUT2D eigenvalue weighted by Crippen LogP contribution is -2.00. The van der Waals surface area contributed by atoms with Gasteiger partial charge in [-0.3, -0.25) is 4.79 Å². The number of esters is 1. The fourth-order valence-corrected chi connectivity index (χ4v) is 2.76. The number of hydrogen-bond donors (Lipinski definition) is 0. The molecule has 0 saturated heterocycles. The van der Waals surface area contributed by atoms with Gasteiger partial charge >= 0.3 is 5.97 Å². The van der Waals surface area contributed by atoms with Gasteiger partial charge in [-0.1, -0.05) is 60.7 Å². The van der Waals surface area contributed by atoms with Crippen LogP contribution in [0.15, 0.2) is 65.6 Å². The summed E-state index contributed by atoms with van der Waals surface area (Å²) in [5.41, 5.74) is 2.17. The second kappa shape index (κ2) is 7.70. The summed E-state index contributed by atoms with van der Waals surface area (Å²) >= 11 is 1.68. The molecule has 3 heteroatoms. The van der Waals surface area contributed by atoms with Crippen LogP contribution in [0, 0.1) is 0 Å². The van der Waals surface area contributed by atoms with Crippen LogP contribution in [0.1, 0.15) is 25.0 Å². The van der Waals surface area contributed by atoms with E-state index in [1.807, 2.05) is 55.5 Å². The quantitative estimate of drug-likeness (QED) is 0.582. The first-order valence-electron chi connectivity index (χ1n) is 6.78. The van der Waals surface area contributed by atoms with E-state index in [0.717, 1.165) is 16.2 Å². The molecule has 0 atom stereocenters. The van der Waals surface area contributed by atoms with Crippen molar-refractivity contribution in [2.75, 3.05) is 0 Å². The minimum absolute atomic E-state index is 0.298. The molecule has 0 heterocycles. The molecule has 0 aliphatic rings. The Labute approximate surface area is 129 Å². The van der Waals surface area contributed by atoms with Crippen molar-refractivity contribution < 1.29 is 9.53 Å². The lowest BCUT2D eigenvalue weighted by Gasteiger charge is -2.12. The lowest BCUT2D eigenvalue weighted by molar-refractivity contribution is -0.134. The first kappa shape index (κ1) is 15.4. The highest BCUT2D eigenvalue weighted by Crippen LogP contribution is 2.30. The normalized spacial score (nSPS) is 11.7. The Morgan fingerprint density at radius 1 is 0.952 bits per heavy atom. The van der Waals surface area contributed by atoms with Gasteiger partial charge in [-0.05, 0) is 12.5 Å². The fraction of sp³-hybridized carbons (Fsp3) is 0.167. The maximum atomic E-state index is 11.3. The van der Waals surface area contributed by atoms with Gasteiger partial charge in [-0.15, -0.1) is 11.8 Å². The zero-order chi connectivity index (χ0) is 15.1. The number of benzene rings is 2. The van der Waals surface area contributed by atoms with Crippen LogP contribution in [0.5, 0.6) is 0 Å². The number of ether oxygens (including phenoxy) is 1. The van der Waals surface area contributed by atoms with Crippen molar-refractivity contribution in [2.24, 2.45) is 0 Å². The number of carbonyl (C=O) groups is 1. The van der Waals surface area contributed by atoms with E-state index in [9.17, 15) is 4.79 Å². The molecule has 0 unspecified atom stereocenters. The van der Waals surface area contributed by atoms with Crippen LogP contribution in [-0.2, 0) is 15.3 Å². The summed E-state index contributed by atoms with van der Waals surface area (Å²) in [5, 5.41) is 0. The summed E-state index contributed by atoms with van der Waals surface area (Å²) in [5.74, 6) is 1.20. The summed E-state index contributed by atoms with van der Waals surface area (Å²) in [7, 11) is 0. The molecule has 0 amide bonds. The first-order valence-corrected chi connectivity index (χ1v) is 7.77. The Morgan fingerprint density at radius 2 is 1.52 bits per heavy atom. The van der Waals surface area contributed by atoms with E-state index in [2.05, 4.69) is 12.1 Å². The van der Waals surface area contributed by atoms with Crippen molar-refractivity contribution in [1.29, 1.82) is 0 Å². The topological polar surface area (TPSA) is 26.3 Å². The largest absolute Gasteiger partial charge is 0.425 e. The smallest absolute Gasteiger partial charge is 0.308 e. The molecule has 2 nitrogen and oxygen atoms in total. The fourth-order valence-electron chi connectivity index (χ4n) is 1.90. The van der Waals surface area contributed by atoms with Crippen molar-refractivity contribution >= 4 is 23.5 Å². The van der Waals surface area contributed by atoms with E-state index in [0.29, 0.717) is 5.76 Å². The molecule has 0 radical (unpaired) electrons. The minimum Gasteiger partial charge on any atom is -0.425 e. The lowest BCUT2D eigenvalue weighted by atomic mass is 10.2. The molecular weight excluding hydrogens is 280 g/mol. The van der Waals surface area contributed by atoms with Gasteiger partial charge < -0.3 is 4.74 Å². The third kappa shape index (κ3) is 4.80. The van der Waals surface area contributed by atoms with Gasteiger partial charge in [-0.25, -0.2) is 0 Å². The monoisotopic (exact) mass is 298 g/mol. The van der Waals surface area contributed by atoms with E-state index < -0.39 is 0 Å². The number of allylic oxidation sites excluding steroid dienone is 1. The average molecular weight is 298 g/mol.